The number of aromatic amines is 1. The summed E-state index contributed by atoms with van der Waals surface area (Å²) < 4.78 is 5.28. The van der Waals surface area contributed by atoms with Gasteiger partial charge in [-0.3, -0.25) is 4.79 Å². The molecule has 2 heterocycles. The first-order chi connectivity index (χ1) is 9.16. The minimum absolute atomic E-state index is 0.128. The van der Waals surface area contributed by atoms with Crippen LogP contribution in [0.15, 0.2) is 21.5 Å². The van der Waals surface area contributed by atoms with Crippen LogP contribution in [0.5, 0.6) is 5.88 Å². The molecule has 0 radical (unpaired) electrons. The highest BCUT2D eigenvalue weighted by atomic mass is 16.3. The van der Waals surface area contributed by atoms with Gasteiger partial charge in [-0.15, -0.1) is 0 Å². The van der Waals surface area contributed by atoms with E-state index in [0.29, 0.717) is 11.3 Å². The molecule has 1 aliphatic carbocycles. The monoisotopic (exact) mass is 260 g/mol. The smallest absolute Gasteiger partial charge is 0.258 e. The lowest BCUT2D eigenvalue weighted by atomic mass is 10.00. The maximum atomic E-state index is 12.2. The van der Waals surface area contributed by atoms with Gasteiger partial charge in [0.05, 0.1) is 11.8 Å². The Bertz CT molecular complexity index is 651. The van der Waals surface area contributed by atoms with Gasteiger partial charge >= 0.3 is 0 Å². The van der Waals surface area contributed by atoms with E-state index in [4.69, 9.17) is 4.42 Å². The maximum Gasteiger partial charge on any atom is 0.258 e. The summed E-state index contributed by atoms with van der Waals surface area (Å²) in [5.74, 6) is 0.738. The Morgan fingerprint density at radius 2 is 2.16 bits per heavy atom. The van der Waals surface area contributed by atoms with E-state index in [2.05, 4.69) is 9.97 Å². The second-order valence-electron chi connectivity index (χ2n) is 5.07. The zero-order chi connectivity index (χ0) is 13.4. The lowest BCUT2D eigenvalue weighted by Gasteiger charge is -2.10. The molecule has 0 saturated heterocycles. The first kappa shape index (κ1) is 12.0. The number of furan rings is 1. The summed E-state index contributed by atoms with van der Waals surface area (Å²) in [5, 5.41) is 10.0. The molecule has 2 N–H and O–H groups in total. The molecule has 1 aliphatic rings. The van der Waals surface area contributed by atoms with Crippen molar-refractivity contribution in [2.24, 2.45) is 0 Å². The molecular formula is C14H16N2O3. The van der Waals surface area contributed by atoms with E-state index in [1.165, 1.54) is 6.26 Å². The zero-order valence-corrected chi connectivity index (χ0v) is 10.8. The van der Waals surface area contributed by atoms with Crippen LogP contribution < -0.4 is 5.56 Å². The van der Waals surface area contributed by atoms with Crippen LogP contribution in [-0.4, -0.2) is 15.1 Å². The maximum absolute atomic E-state index is 12.2. The zero-order valence-electron chi connectivity index (χ0n) is 10.8. The third kappa shape index (κ3) is 2.05. The van der Waals surface area contributed by atoms with Crippen molar-refractivity contribution in [3.8, 4) is 17.5 Å². The molecule has 5 nitrogen and oxygen atoms in total. The molecule has 2 aromatic rings. The fraction of sp³-hybridized carbons (Fsp3) is 0.429. The van der Waals surface area contributed by atoms with E-state index in [1.807, 2.05) is 6.92 Å². The predicted octanol–water partition coefficient (Wildman–Crippen LogP) is 2.70. The quantitative estimate of drug-likeness (QED) is 0.870. The van der Waals surface area contributed by atoms with E-state index in [9.17, 15) is 9.90 Å². The van der Waals surface area contributed by atoms with Crippen molar-refractivity contribution in [1.82, 2.24) is 9.97 Å². The van der Waals surface area contributed by atoms with Crippen molar-refractivity contribution in [2.45, 2.75) is 38.5 Å². The van der Waals surface area contributed by atoms with E-state index < -0.39 is 0 Å². The summed E-state index contributed by atoms with van der Waals surface area (Å²) in [6.07, 6.45) is 5.62. The van der Waals surface area contributed by atoms with Gasteiger partial charge < -0.3 is 14.5 Å². The molecule has 19 heavy (non-hydrogen) atoms. The molecule has 0 bridgehead atoms. The van der Waals surface area contributed by atoms with E-state index >= 15 is 0 Å². The van der Waals surface area contributed by atoms with Crippen LogP contribution >= 0.6 is 0 Å². The Labute approximate surface area is 110 Å². The second kappa shape index (κ2) is 4.57. The van der Waals surface area contributed by atoms with Crippen molar-refractivity contribution < 1.29 is 9.52 Å². The molecule has 3 rings (SSSR count). The van der Waals surface area contributed by atoms with Gasteiger partial charge in [0.15, 0.2) is 11.6 Å². The lowest BCUT2D eigenvalue weighted by Crippen LogP contribution is -2.17. The molecule has 0 aliphatic heterocycles. The van der Waals surface area contributed by atoms with Crippen molar-refractivity contribution in [3.05, 3.63) is 33.8 Å². The van der Waals surface area contributed by atoms with Crippen LogP contribution in [0.1, 0.15) is 42.7 Å². The van der Waals surface area contributed by atoms with Crippen LogP contribution in [0.4, 0.5) is 0 Å². The molecule has 0 spiro atoms. The molecular weight excluding hydrogens is 244 g/mol. The largest absolute Gasteiger partial charge is 0.493 e. The first-order valence-electron chi connectivity index (χ1n) is 6.54. The fourth-order valence-corrected chi connectivity index (χ4v) is 2.78. The second-order valence-corrected chi connectivity index (χ2v) is 5.07. The van der Waals surface area contributed by atoms with E-state index in [1.54, 1.807) is 6.07 Å². The molecule has 0 unspecified atom stereocenters. The van der Waals surface area contributed by atoms with Crippen molar-refractivity contribution in [2.75, 3.05) is 0 Å². The minimum Gasteiger partial charge on any atom is -0.493 e. The highest BCUT2D eigenvalue weighted by Crippen LogP contribution is 2.36. The van der Waals surface area contributed by atoms with Crippen LogP contribution in [0.2, 0.25) is 0 Å². The Kier molecular flexibility index (Phi) is 2.89. The molecule has 0 atom stereocenters. The summed E-state index contributed by atoms with van der Waals surface area (Å²) in [6.45, 7) is 1.86. The van der Waals surface area contributed by atoms with Gasteiger partial charge in [0.25, 0.3) is 5.56 Å². The third-order valence-electron chi connectivity index (χ3n) is 3.78. The highest BCUT2D eigenvalue weighted by molar-refractivity contribution is 5.53. The average Bonchev–Trinajstić information content (AvgIpc) is 2.99. The summed E-state index contributed by atoms with van der Waals surface area (Å²) in [6, 6.07) is 1.79. The first-order valence-corrected chi connectivity index (χ1v) is 6.54. The van der Waals surface area contributed by atoms with Gasteiger partial charge in [-0.05, 0) is 37.3 Å². The summed E-state index contributed by atoms with van der Waals surface area (Å²) >= 11 is 0. The van der Waals surface area contributed by atoms with Gasteiger partial charge in [-0.2, -0.15) is 4.98 Å². The number of rotatable bonds is 2. The minimum atomic E-state index is -0.259. The van der Waals surface area contributed by atoms with Crippen molar-refractivity contribution in [1.29, 1.82) is 0 Å². The molecule has 1 saturated carbocycles. The van der Waals surface area contributed by atoms with Crippen LogP contribution in [0, 0.1) is 6.92 Å². The Hall–Kier alpha value is -2.04. The van der Waals surface area contributed by atoms with Gasteiger partial charge in [0.2, 0.25) is 5.88 Å². The number of hydrogen-bond acceptors (Lipinski definition) is 4. The topological polar surface area (TPSA) is 79.1 Å². The normalized spacial score (nSPS) is 16.1. The number of hydrogen-bond donors (Lipinski definition) is 2. The summed E-state index contributed by atoms with van der Waals surface area (Å²) in [5.41, 5.74) is 1.03. The molecule has 5 heteroatoms. The number of aromatic nitrogens is 2. The number of nitrogens with one attached hydrogen (secondary N) is 1. The Morgan fingerprint density at radius 3 is 2.74 bits per heavy atom. The molecule has 100 valence electrons. The molecule has 1 fully saturated rings. The molecule has 0 amide bonds. The van der Waals surface area contributed by atoms with Gasteiger partial charge in [-0.25, -0.2) is 0 Å². The van der Waals surface area contributed by atoms with Crippen molar-refractivity contribution in [3.63, 3.8) is 0 Å². The Morgan fingerprint density at radius 1 is 1.42 bits per heavy atom. The van der Waals surface area contributed by atoms with Gasteiger partial charge in [0.1, 0.15) is 0 Å². The highest BCUT2D eigenvalue weighted by Gasteiger charge is 2.25. The summed E-state index contributed by atoms with van der Waals surface area (Å²) in [4.78, 5) is 19.0. The number of aromatic hydroxyl groups is 1. The fourth-order valence-electron chi connectivity index (χ4n) is 2.78. The van der Waals surface area contributed by atoms with Crippen LogP contribution in [0.3, 0.4) is 0 Å². The summed E-state index contributed by atoms with van der Waals surface area (Å²) in [7, 11) is 0. The van der Waals surface area contributed by atoms with E-state index in [-0.39, 0.29) is 23.2 Å². The predicted molar refractivity (Wildman–Crippen MR) is 70.2 cm³/mol. The van der Waals surface area contributed by atoms with Gasteiger partial charge in [0, 0.05) is 0 Å². The van der Waals surface area contributed by atoms with Gasteiger partial charge in [-0.1, -0.05) is 12.8 Å². The average molecular weight is 260 g/mol. The molecule has 2 aromatic heterocycles. The number of aryl methyl sites for hydroxylation is 1. The Balaban J connectivity index is 2.07. The van der Waals surface area contributed by atoms with Crippen LogP contribution in [0.25, 0.3) is 11.6 Å². The van der Waals surface area contributed by atoms with Crippen LogP contribution in [-0.2, 0) is 0 Å². The number of H-pyrrole nitrogens is 1. The van der Waals surface area contributed by atoms with E-state index in [0.717, 1.165) is 31.2 Å². The third-order valence-corrected chi connectivity index (χ3v) is 3.78. The molecule has 0 aromatic carbocycles. The van der Waals surface area contributed by atoms with Crippen molar-refractivity contribution >= 4 is 0 Å². The standard InChI is InChI=1S/C14H16N2O3/c1-8-6-7-19-11(8)12-15-13(17)10(14(18)16-12)9-4-2-3-5-9/h6-7,9H,2-5H2,1H3,(H2,15,16,17,18). The lowest BCUT2D eigenvalue weighted by molar-refractivity contribution is 0.435. The number of nitrogens with zero attached hydrogens (tertiary/aromatic N) is 1. The SMILES string of the molecule is Cc1ccoc1-c1nc(O)c(C2CCCC2)c(=O)[nH]1.